The number of aromatic nitrogens is 17. The van der Waals surface area contributed by atoms with E-state index in [1.54, 1.807) is 52.4 Å². The number of hydrogen-bond donors (Lipinski definition) is 14. The van der Waals surface area contributed by atoms with Gasteiger partial charge in [-0.1, -0.05) is 311 Å². The van der Waals surface area contributed by atoms with Gasteiger partial charge in [-0.25, -0.2) is 9.97 Å². The average Bonchev–Trinajstić information content (AvgIpc) is 1.75. The molecule has 0 aromatic carbocycles. The van der Waals surface area contributed by atoms with Crippen LogP contribution in [0.3, 0.4) is 0 Å². The highest BCUT2D eigenvalue weighted by atomic mass is 16.3. The Morgan fingerprint density at radius 3 is 0.971 bits per heavy atom. The number of Topliss-reactive ketones (excluding diaryl/α,β-unsaturated/α-hetero) is 1. The molecule has 0 aliphatic carbocycles. The van der Waals surface area contributed by atoms with Gasteiger partial charge < -0.3 is 58.9 Å². The van der Waals surface area contributed by atoms with Crippen molar-refractivity contribution >= 4 is 46.8 Å². The third-order valence-electron chi connectivity index (χ3n) is 15.5. The molecule has 4 amide bonds. The normalized spacial score (nSPS) is 11.5. The molecule has 6 aromatic heterocycles. The van der Waals surface area contributed by atoms with Crippen LogP contribution in [0.1, 0.15) is 409 Å². The Hall–Kier alpha value is -11.1. The Kier molecular flexibility index (Phi) is 98.0. The van der Waals surface area contributed by atoms with Crippen LogP contribution < -0.4 is 44.4 Å². The van der Waals surface area contributed by atoms with Crippen molar-refractivity contribution in [1.82, 2.24) is 103 Å². The van der Waals surface area contributed by atoms with Gasteiger partial charge in [-0.05, 0) is 126 Å². The number of dihydropyridines is 1. The molecule has 36 nitrogen and oxygen atoms in total. The van der Waals surface area contributed by atoms with Gasteiger partial charge in [0.1, 0.15) is 18.2 Å². The molecule has 8 heterocycles. The number of aliphatic imine (C=N–C) groups is 2. The lowest BCUT2D eigenvalue weighted by atomic mass is 9.99. The van der Waals surface area contributed by atoms with Gasteiger partial charge in [-0.15, -0.1) is 35.7 Å². The Labute approximate surface area is 841 Å². The van der Waals surface area contributed by atoms with Crippen LogP contribution >= 0.6 is 0 Å². The number of nitrogens with one attached hydrogen (secondary N) is 9. The quantitative estimate of drug-likeness (QED) is 0.0170. The smallest absolute Gasteiger partial charge is 0.247 e. The number of primary amides is 2. The molecular weight excluding hydrogens is 1760 g/mol. The van der Waals surface area contributed by atoms with E-state index in [9.17, 15) is 28.8 Å². The summed E-state index contributed by atoms with van der Waals surface area (Å²) in [5.41, 5.74) is 25.1. The predicted molar refractivity (Wildman–Crippen MR) is 582 cm³/mol. The topological polar surface area (TPSA) is 561 Å². The summed E-state index contributed by atoms with van der Waals surface area (Å²) in [6.07, 6.45) is 17.3. The van der Waals surface area contributed by atoms with Crippen molar-refractivity contribution < 1.29 is 29.1 Å². The van der Waals surface area contributed by atoms with E-state index in [-0.39, 0.29) is 76.8 Å². The maximum Gasteiger partial charge on any atom is 0.247 e. The summed E-state index contributed by atoms with van der Waals surface area (Å²) in [5.74, 6) is 12.9. The molecule has 0 atom stereocenters. The molecule has 2 aliphatic heterocycles. The van der Waals surface area contributed by atoms with Crippen LogP contribution in [0.4, 0.5) is 0 Å². The zero-order chi connectivity index (χ0) is 111. The van der Waals surface area contributed by atoms with E-state index in [0.29, 0.717) is 95.3 Å². The molecule has 0 unspecified atom stereocenters. The van der Waals surface area contributed by atoms with E-state index in [1.807, 2.05) is 223 Å². The molecule has 0 radical (unpaired) electrons. The fourth-order valence-corrected chi connectivity index (χ4v) is 7.06. The zero-order valence-corrected chi connectivity index (χ0v) is 95.7. The first kappa shape index (κ1) is 148. The van der Waals surface area contributed by atoms with E-state index in [2.05, 4.69) is 259 Å². The Morgan fingerprint density at radius 1 is 0.468 bits per heavy atom. The molecule has 36 heteroatoms. The number of rotatable bonds is 22. The number of ketones is 1. The number of allylic oxidation sites excluding steroid dienone is 5. The summed E-state index contributed by atoms with van der Waals surface area (Å²) in [4.78, 5) is 88.0. The van der Waals surface area contributed by atoms with Gasteiger partial charge >= 0.3 is 0 Å². The second-order valence-electron chi connectivity index (χ2n) is 40.2. The molecule has 8 rings (SSSR count). The largest absolute Gasteiger partial charge is 0.512 e. The summed E-state index contributed by atoms with van der Waals surface area (Å²) in [6, 6.07) is 6.11. The van der Waals surface area contributed by atoms with Gasteiger partial charge in [0.15, 0.2) is 17.5 Å². The van der Waals surface area contributed by atoms with Crippen molar-refractivity contribution in [3.8, 4) is 0 Å². The number of aromatic amines is 6. The van der Waals surface area contributed by atoms with E-state index < -0.39 is 0 Å². The highest BCUT2D eigenvalue weighted by Gasteiger charge is 2.13. The monoisotopic (exact) mass is 1960 g/mol. The number of nitrogens with zero attached hydrogens (tertiary/aromatic N) is 16. The minimum atomic E-state index is -0.241. The van der Waals surface area contributed by atoms with Crippen molar-refractivity contribution in [3.05, 3.63) is 137 Å². The zero-order valence-electron chi connectivity index (χ0n) is 95.7. The molecule has 0 saturated heterocycles. The summed E-state index contributed by atoms with van der Waals surface area (Å²) >= 11 is 0. The number of aliphatic hydroxyl groups is 1. The molecule has 2 aliphatic rings. The number of H-pyrrole nitrogens is 6. The predicted octanol–water partition coefficient (Wildman–Crippen LogP) is 21.9. The van der Waals surface area contributed by atoms with E-state index >= 15 is 0 Å². The van der Waals surface area contributed by atoms with Crippen molar-refractivity contribution in [2.75, 3.05) is 6.54 Å². The van der Waals surface area contributed by atoms with Gasteiger partial charge in [0.05, 0.1) is 29.5 Å². The molecule has 0 fully saturated rings. The van der Waals surface area contributed by atoms with Gasteiger partial charge in [-0.3, -0.25) is 38.8 Å². The summed E-state index contributed by atoms with van der Waals surface area (Å²) in [6.45, 7) is 101. The molecule has 802 valence electrons. The van der Waals surface area contributed by atoms with Crippen molar-refractivity contribution in [2.24, 2.45) is 125 Å². The number of carbonyl (C=O) groups is 5. The van der Waals surface area contributed by atoms with Gasteiger partial charge in [0.2, 0.25) is 29.2 Å². The van der Waals surface area contributed by atoms with Crippen LogP contribution in [-0.2, 0) is 24.0 Å². The first-order chi connectivity index (χ1) is 63.9. The van der Waals surface area contributed by atoms with Crippen LogP contribution in [0.25, 0.3) is 0 Å². The SMILES string of the molecule is C=C1C=CC=CN1.CC(C)/C=C(\O)C(C)C.CC(C)C.CC(C)C.CC(C)C(N)=O.CC(C)C(N)=O.CC(C)C1=NN=NC1.CC(C)CC(=O)C(C)C.CC(C)N=C(N)C(C)C.CC(C)N=C(N)C(C)C.CC(C)NC(=O)C(C)C.CC(C)NC(=O)C(C)C.CC(C)c1cnc(C(C)C)[nH]1.CC(C)c1cnc[nH]1.CC(C)c1nn[nH]n1.CC(C)c1nn[nH]n1.CC(C)c1nn[nH]n1.O=c1cccc[nH]1. The number of carbonyl (C=O) groups excluding carboxylic acids is 5. The third kappa shape index (κ3) is 112. The standard InChI is InChI=1S/C9H16N2.2C8H16O.2C7H16N2.2C7H15NO.C6H10N2.C6H7N.C5H9N3.C5H5NO.3C4H8N4.2C4H9NO.2C4H10/c1-6(2)8-5-10-9(11-8)7(3)4;2*1-6(2)5-8(9)7(3)4;2*1-5(2)7(8)9-6(3)4;2*1-5(2)7(9)8-6(3)4;1-5(2)6-3-7-4-8-6;1-6-4-2-3-5-7-6;1-4(2)5-3-6-8-7-5;7-5-3-1-2-4-6-5;3*1-3(2)4-5-7-8-6-4;2*1-3(2)4(5)6;2*1-4(2)3/h5-7H,1-4H3,(H,10,11);6-7H,5H2,1-4H3;5-7,9H,1-4H3;2*5-6H,1-4H3,(H2,8,9);2*5-6H,1-4H3,(H,8,9);3-5H,1-2H3,(H,7,8);2-5,7H,1H2;4H,3H2,1-2H3;1-4H,(H,6,7);3*3H,1-2H3,(H,5,6,7,8);2*3H,1-2H3,(H2,5,6);2*4H,1-3H3/b;;8-5-;;;;;;;;;;;;;;;. The summed E-state index contributed by atoms with van der Waals surface area (Å²) in [7, 11) is 0. The fourth-order valence-electron chi connectivity index (χ4n) is 7.06. The minimum absolute atomic E-state index is 0.00926. The number of tetrazole rings is 3. The average molecular weight is 1960 g/mol. The number of amidine groups is 2. The molecular formula is C103H203N29O7. The number of pyridine rings is 1. The lowest BCUT2D eigenvalue weighted by molar-refractivity contribution is -0.125. The van der Waals surface area contributed by atoms with Crippen molar-refractivity contribution in [2.45, 2.75) is 398 Å². The van der Waals surface area contributed by atoms with Crippen LogP contribution in [0.2, 0.25) is 0 Å². The van der Waals surface area contributed by atoms with Crippen LogP contribution in [0.5, 0.6) is 0 Å². The van der Waals surface area contributed by atoms with Gasteiger partial charge in [0.25, 0.3) is 0 Å². The number of hydrogen-bond acceptors (Lipinski definition) is 24. The Balaban J connectivity index is -0.000000159. The first-order valence-corrected chi connectivity index (χ1v) is 49.3. The number of nitrogens with two attached hydrogens (primary N) is 4. The third-order valence-corrected chi connectivity index (χ3v) is 15.5. The van der Waals surface area contributed by atoms with E-state index in [0.717, 1.165) is 64.6 Å². The van der Waals surface area contributed by atoms with Crippen molar-refractivity contribution in [1.29, 1.82) is 0 Å². The molecule has 0 saturated carbocycles. The number of aliphatic hydroxyl groups excluding tert-OH is 1. The van der Waals surface area contributed by atoms with E-state index in [1.165, 1.54) is 17.5 Å². The van der Waals surface area contributed by atoms with Gasteiger partial charge in [-0.2, -0.15) is 20.8 Å². The number of amides is 4. The highest BCUT2D eigenvalue weighted by Crippen LogP contribution is 2.16. The fraction of sp³-hybridized carbons (Fsp3) is 0.709. The molecule has 18 N–H and O–H groups in total. The lowest BCUT2D eigenvalue weighted by Crippen LogP contribution is -2.33. The van der Waals surface area contributed by atoms with Crippen LogP contribution in [0, 0.1) is 76.9 Å². The van der Waals surface area contributed by atoms with Gasteiger partial charge in [0, 0.05) is 150 Å². The van der Waals surface area contributed by atoms with Crippen LogP contribution in [-0.4, -0.2) is 169 Å². The molecule has 6 aromatic rings. The number of imidazole rings is 2. The maximum absolute atomic E-state index is 11.0. The van der Waals surface area contributed by atoms with Crippen molar-refractivity contribution in [3.63, 3.8) is 0 Å². The molecule has 139 heavy (non-hydrogen) atoms. The van der Waals surface area contributed by atoms with Crippen LogP contribution in [0.15, 0.2) is 122 Å². The van der Waals surface area contributed by atoms with E-state index in [4.69, 9.17) is 28.0 Å². The second kappa shape index (κ2) is 92.0. The Bertz CT molecular complexity index is 3780. The Morgan fingerprint density at radius 2 is 0.849 bits per heavy atom. The lowest BCUT2D eigenvalue weighted by Gasteiger charge is -2.09. The summed E-state index contributed by atoms with van der Waals surface area (Å²) in [5, 5.41) is 68.7. The first-order valence-electron chi connectivity index (χ1n) is 49.3. The minimum Gasteiger partial charge on any atom is -0.512 e. The second-order valence-corrected chi connectivity index (χ2v) is 40.2. The molecule has 0 spiro atoms. The highest BCUT2D eigenvalue weighted by molar-refractivity contribution is 5.88. The molecule has 0 bridgehead atoms. The maximum atomic E-state index is 11.0. The summed E-state index contributed by atoms with van der Waals surface area (Å²) < 4.78 is 0.